The molecular weight excluding hydrogens is 246 g/mol. The maximum atomic E-state index is 11.9. The summed E-state index contributed by atoms with van der Waals surface area (Å²) in [6.07, 6.45) is 2.17. The van der Waals surface area contributed by atoms with Crippen molar-refractivity contribution in [3.63, 3.8) is 0 Å². The minimum atomic E-state index is -0.656. The quantitative estimate of drug-likeness (QED) is 0.735. The lowest BCUT2D eigenvalue weighted by Gasteiger charge is -2.20. The summed E-state index contributed by atoms with van der Waals surface area (Å²) < 4.78 is 5.11. The molecule has 1 aromatic heterocycles. The highest BCUT2D eigenvalue weighted by atomic mass is 32.1. The fourth-order valence-corrected chi connectivity index (χ4v) is 3.07. The van der Waals surface area contributed by atoms with Crippen molar-refractivity contribution in [2.75, 3.05) is 6.61 Å². The number of thiazole rings is 1. The Labute approximate surface area is 114 Å². The zero-order chi connectivity index (χ0) is 13.8. The van der Waals surface area contributed by atoms with Gasteiger partial charge in [-0.2, -0.15) is 0 Å². The van der Waals surface area contributed by atoms with Gasteiger partial charge in [-0.15, -0.1) is 11.3 Å². The van der Waals surface area contributed by atoms with Crippen molar-refractivity contribution in [2.45, 2.75) is 58.8 Å². The number of hydrogen-bond donors (Lipinski definition) is 0. The second-order valence-electron chi connectivity index (χ2n) is 4.93. The van der Waals surface area contributed by atoms with Crippen LogP contribution in [0.3, 0.4) is 0 Å². The zero-order valence-corrected chi connectivity index (χ0v) is 12.8. The van der Waals surface area contributed by atoms with E-state index in [4.69, 9.17) is 4.74 Å². The number of rotatable bonds is 6. The Morgan fingerprint density at radius 1 is 1.39 bits per heavy atom. The van der Waals surface area contributed by atoms with Gasteiger partial charge in [0.05, 0.1) is 17.3 Å². The third-order valence-corrected chi connectivity index (χ3v) is 4.29. The van der Waals surface area contributed by atoms with E-state index in [9.17, 15) is 4.79 Å². The summed E-state index contributed by atoms with van der Waals surface area (Å²) >= 11 is 1.65. The van der Waals surface area contributed by atoms with Crippen LogP contribution in [0.2, 0.25) is 0 Å². The van der Waals surface area contributed by atoms with E-state index < -0.39 is 5.41 Å². The molecule has 3 nitrogen and oxygen atoms in total. The molecule has 0 fully saturated rings. The van der Waals surface area contributed by atoms with Gasteiger partial charge in [0.2, 0.25) is 0 Å². The van der Waals surface area contributed by atoms with Crippen LogP contribution in [0.5, 0.6) is 0 Å². The van der Waals surface area contributed by atoms with Crippen molar-refractivity contribution < 1.29 is 9.53 Å². The summed E-state index contributed by atoms with van der Waals surface area (Å²) in [5.74, 6) is 0.299. The normalized spacial score (nSPS) is 11.9. The lowest BCUT2D eigenvalue weighted by Crippen LogP contribution is -2.31. The van der Waals surface area contributed by atoms with E-state index in [0.717, 1.165) is 23.5 Å². The molecule has 0 spiro atoms. The van der Waals surface area contributed by atoms with Crippen LogP contribution in [0.15, 0.2) is 5.38 Å². The Balaban J connectivity index is 2.93. The van der Waals surface area contributed by atoms with Crippen molar-refractivity contribution in [2.24, 2.45) is 0 Å². The van der Waals surface area contributed by atoms with Crippen LogP contribution in [0, 0.1) is 0 Å². The number of nitrogens with zero attached hydrogens (tertiary/aromatic N) is 1. The van der Waals surface area contributed by atoms with Crippen molar-refractivity contribution in [3.8, 4) is 0 Å². The van der Waals surface area contributed by atoms with Crippen LogP contribution in [0.4, 0.5) is 0 Å². The SMILES string of the molecule is CCOC(=O)C(C)(C)c1csc(C(CC)CC)n1. The fourth-order valence-electron chi connectivity index (χ4n) is 1.82. The van der Waals surface area contributed by atoms with E-state index in [1.165, 1.54) is 0 Å². The van der Waals surface area contributed by atoms with E-state index in [1.807, 2.05) is 26.2 Å². The van der Waals surface area contributed by atoms with E-state index in [2.05, 4.69) is 18.8 Å². The molecule has 0 saturated heterocycles. The molecule has 18 heavy (non-hydrogen) atoms. The van der Waals surface area contributed by atoms with Gasteiger partial charge in [-0.05, 0) is 33.6 Å². The summed E-state index contributed by atoms with van der Waals surface area (Å²) in [5, 5.41) is 3.12. The molecule has 0 amide bonds. The lowest BCUT2D eigenvalue weighted by atomic mass is 9.90. The fraction of sp³-hybridized carbons (Fsp3) is 0.714. The number of carbonyl (C=O) groups excluding carboxylic acids is 1. The van der Waals surface area contributed by atoms with E-state index >= 15 is 0 Å². The molecule has 102 valence electrons. The predicted octanol–water partition coefficient (Wildman–Crippen LogP) is 3.89. The Hall–Kier alpha value is -0.900. The van der Waals surface area contributed by atoms with Gasteiger partial charge in [0.15, 0.2) is 0 Å². The summed E-state index contributed by atoms with van der Waals surface area (Å²) in [5.41, 5.74) is 0.171. The highest BCUT2D eigenvalue weighted by Gasteiger charge is 2.34. The molecule has 0 radical (unpaired) electrons. The van der Waals surface area contributed by atoms with Gasteiger partial charge < -0.3 is 4.74 Å². The monoisotopic (exact) mass is 269 g/mol. The zero-order valence-electron chi connectivity index (χ0n) is 11.9. The molecule has 1 rings (SSSR count). The molecule has 0 unspecified atom stereocenters. The second kappa shape index (κ2) is 6.32. The van der Waals surface area contributed by atoms with Gasteiger partial charge in [0.25, 0.3) is 0 Å². The number of esters is 1. The Kier molecular flexibility index (Phi) is 5.32. The van der Waals surface area contributed by atoms with Crippen molar-refractivity contribution >= 4 is 17.3 Å². The molecule has 4 heteroatoms. The number of aromatic nitrogens is 1. The largest absolute Gasteiger partial charge is 0.465 e. The molecule has 0 bridgehead atoms. The van der Waals surface area contributed by atoms with Gasteiger partial charge in [-0.3, -0.25) is 4.79 Å². The second-order valence-corrected chi connectivity index (χ2v) is 5.82. The van der Waals surface area contributed by atoms with Gasteiger partial charge in [-0.25, -0.2) is 4.98 Å². The summed E-state index contributed by atoms with van der Waals surface area (Å²) in [6.45, 7) is 10.3. The highest BCUT2D eigenvalue weighted by molar-refractivity contribution is 7.09. The average Bonchev–Trinajstić information content (AvgIpc) is 2.81. The Morgan fingerprint density at radius 3 is 2.50 bits per heavy atom. The van der Waals surface area contributed by atoms with Gasteiger partial charge in [-0.1, -0.05) is 13.8 Å². The highest BCUT2D eigenvalue weighted by Crippen LogP contribution is 2.31. The lowest BCUT2D eigenvalue weighted by molar-refractivity contribution is -0.148. The summed E-state index contributed by atoms with van der Waals surface area (Å²) in [4.78, 5) is 16.6. The predicted molar refractivity (Wildman–Crippen MR) is 75.1 cm³/mol. The molecule has 0 aromatic carbocycles. The first-order valence-corrected chi connectivity index (χ1v) is 7.48. The van der Waals surface area contributed by atoms with Crippen LogP contribution in [0.1, 0.15) is 64.1 Å². The van der Waals surface area contributed by atoms with Gasteiger partial charge >= 0.3 is 5.97 Å². The Bertz CT molecular complexity index is 394. The Morgan fingerprint density at radius 2 is 2.00 bits per heavy atom. The first kappa shape index (κ1) is 15.2. The smallest absolute Gasteiger partial charge is 0.317 e. The van der Waals surface area contributed by atoms with E-state index in [-0.39, 0.29) is 5.97 Å². The average molecular weight is 269 g/mol. The number of ether oxygens (including phenoxy) is 1. The number of carbonyl (C=O) groups is 1. The van der Waals surface area contributed by atoms with Crippen LogP contribution >= 0.6 is 11.3 Å². The third kappa shape index (κ3) is 3.10. The maximum Gasteiger partial charge on any atom is 0.317 e. The molecule has 0 aliphatic rings. The van der Waals surface area contributed by atoms with Crippen LogP contribution in [0.25, 0.3) is 0 Å². The molecule has 0 saturated carbocycles. The minimum absolute atomic E-state index is 0.202. The van der Waals surface area contributed by atoms with Crippen LogP contribution in [-0.4, -0.2) is 17.6 Å². The molecule has 0 aliphatic carbocycles. The molecule has 0 N–H and O–H groups in total. The van der Waals surface area contributed by atoms with Crippen LogP contribution in [-0.2, 0) is 14.9 Å². The maximum absolute atomic E-state index is 11.9. The summed E-state index contributed by atoms with van der Waals surface area (Å²) in [6, 6.07) is 0. The molecule has 0 atom stereocenters. The van der Waals surface area contributed by atoms with E-state index in [1.54, 1.807) is 11.3 Å². The van der Waals surface area contributed by atoms with Crippen LogP contribution < -0.4 is 0 Å². The number of hydrogen-bond acceptors (Lipinski definition) is 4. The minimum Gasteiger partial charge on any atom is -0.465 e. The van der Waals surface area contributed by atoms with Crippen molar-refractivity contribution in [3.05, 3.63) is 16.1 Å². The molecule has 1 heterocycles. The van der Waals surface area contributed by atoms with Gasteiger partial charge in [0, 0.05) is 11.3 Å². The topological polar surface area (TPSA) is 39.2 Å². The molecule has 0 aliphatic heterocycles. The first-order valence-electron chi connectivity index (χ1n) is 6.60. The van der Waals surface area contributed by atoms with Gasteiger partial charge in [0.1, 0.15) is 5.41 Å². The first-order chi connectivity index (χ1) is 8.47. The standard InChI is InChI=1S/C14H23NO2S/c1-6-10(7-2)12-15-11(9-18-12)14(4,5)13(16)17-8-3/h9-10H,6-8H2,1-5H3. The van der Waals surface area contributed by atoms with Crippen molar-refractivity contribution in [1.82, 2.24) is 4.98 Å². The third-order valence-electron chi connectivity index (χ3n) is 3.28. The molecule has 1 aromatic rings. The van der Waals surface area contributed by atoms with E-state index in [0.29, 0.717) is 12.5 Å². The molecular formula is C14H23NO2S. The van der Waals surface area contributed by atoms with Crippen molar-refractivity contribution in [1.29, 1.82) is 0 Å². The summed E-state index contributed by atoms with van der Waals surface area (Å²) in [7, 11) is 0.